The quantitative estimate of drug-likeness (QED) is 0.416. The molecule has 0 radical (unpaired) electrons. The summed E-state index contributed by atoms with van der Waals surface area (Å²) in [4.78, 5) is 21.7. The fraction of sp³-hybridized carbons (Fsp3) is 0.800. The summed E-state index contributed by atoms with van der Waals surface area (Å²) in [6, 6.07) is -0.835. The van der Waals surface area contributed by atoms with E-state index in [9.17, 15) is 9.59 Å². The Hall–Kier alpha value is -1.14. The van der Waals surface area contributed by atoms with E-state index in [1.807, 2.05) is 13.8 Å². The summed E-state index contributed by atoms with van der Waals surface area (Å²) in [5, 5.41) is 22.6. The molecule has 1 atom stereocenters. The Morgan fingerprint density at radius 2 is 1.94 bits per heavy atom. The summed E-state index contributed by atoms with van der Waals surface area (Å²) in [5.74, 6) is -1.58. The summed E-state index contributed by atoms with van der Waals surface area (Å²) in [6.45, 7) is 4.13. The molecule has 0 spiro atoms. The average Bonchev–Trinajstić information content (AvgIpc) is 2.20. The van der Waals surface area contributed by atoms with Gasteiger partial charge in [-0.05, 0) is 13.0 Å². The predicted octanol–water partition coefficient (Wildman–Crippen LogP) is -0.674. The molecule has 1 amide bonds. The molecule has 0 saturated carbocycles. The molecule has 0 aliphatic carbocycles. The smallest absolute Gasteiger partial charge is 0.328 e. The minimum Gasteiger partial charge on any atom is -0.480 e. The Kier molecular flexibility index (Phi) is 7.49. The lowest BCUT2D eigenvalue weighted by Gasteiger charge is -2.12. The summed E-state index contributed by atoms with van der Waals surface area (Å²) < 4.78 is 0. The number of amides is 1. The van der Waals surface area contributed by atoms with Crippen LogP contribution in [0.25, 0.3) is 0 Å². The normalized spacial score (nSPS) is 12.5. The Balaban J connectivity index is 3.69. The van der Waals surface area contributed by atoms with Crippen molar-refractivity contribution in [3.63, 3.8) is 0 Å². The molecule has 4 N–H and O–H groups in total. The zero-order chi connectivity index (χ0) is 12.6. The van der Waals surface area contributed by atoms with Crippen molar-refractivity contribution < 1.29 is 19.8 Å². The van der Waals surface area contributed by atoms with Gasteiger partial charge in [-0.2, -0.15) is 0 Å². The molecule has 6 nitrogen and oxygen atoms in total. The second-order valence-electron chi connectivity index (χ2n) is 3.85. The number of hydrogen-bond acceptors (Lipinski definition) is 4. The first-order valence-corrected chi connectivity index (χ1v) is 5.33. The molecule has 0 aromatic heterocycles. The Morgan fingerprint density at radius 3 is 2.38 bits per heavy atom. The third-order valence-electron chi connectivity index (χ3n) is 1.95. The molecule has 94 valence electrons. The van der Waals surface area contributed by atoms with Gasteiger partial charge in [-0.15, -0.1) is 0 Å². The Bertz CT molecular complexity index is 231. The molecule has 16 heavy (non-hydrogen) atoms. The molecule has 0 unspecified atom stereocenters. The standard InChI is InChI=1S/C10H20N2O4/c1-7(2)11-5-3-4-9(14)12-8(6-13)10(15)16/h7-8,11,13H,3-6H2,1-2H3,(H,12,14)(H,15,16)/t8-/m1/s1. The van der Waals surface area contributed by atoms with E-state index in [0.29, 0.717) is 19.0 Å². The summed E-state index contributed by atoms with van der Waals surface area (Å²) in [6.07, 6.45) is 0.894. The molecule has 0 fully saturated rings. The second-order valence-corrected chi connectivity index (χ2v) is 3.85. The number of carbonyl (C=O) groups is 2. The average molecular weight is 232 g/mol. The van der Waals surface area contributed by atoms with Crippen LogP contribution in [0.5, 0.6) is 0 Å². The van der Waals surface area contributed by atoms with Crippen molar-refractivity contribution in [3.8, 4) is 0 Å². The van der Waals surface area contributed by atoms with Gasteiger partial charge >= 0.3 is 5.97 Å². The maximum atomic E-state index is 11.2. The van der Waals surface area contributed by atoms with E-state index >= 15 is 0 Å². The highest BCUT2D eigenvalue weighted by Crippen LogP contribution is 1.91. The van der Waals surface area contributed by atoms with Gasteiger partial charge in [0, 0.05) is 12.5 Å². The van der Waals surface area contributed by atoms with E-state index in [-0.39, 0.29) is 12.3 Å². The SMILES string of the molecule is CC(C)NCCCC(=O)N[C@H](CO)C(=O)O. The lowest BCUT2D eigenvalue weighted by atomic mass is 10.2. The minimum absolute atomic E-state index is 0.253. The van der Waals surface area contributed by atoms with Crippen molar-refractivity contribution in [2.75, 3.05) is 13.2 Å². The zero-order valence-corrected chi connectivity index (χ0v) is 9.69. The minimum atomic E-state index is -1.23. The first-order chi connectivity index (χ1) is 7.47. The van der Waals surface area contributed by atoms with E-state index in [0.717, 1.165) is 0 Å². The number of aliphatic carboxylic acids is 1. The molecular weight excluding hydrogens is 212 g/mol. The van der Waals surface area contributed by atoms with Crippen LogP contribution in [0, 0.1) is 0 Å². The summed E-state index contributed by atoms with van der Waals surface area (Å²) >= 11 is 0. The lowest BCUT2D eigenvalue weighted by Crippen LogP contribution is -2.43. The maximum Gasteiger partial charge on any atom is 0.328 e. The maximum absolute atomic E-state index is 11.2. The first-order valence-electron chi connectivity index (χ1n) is 5.33. The van der Waals surface area contributed by atoms with Crippen LogP contribution in [0.15, 0.2) is 0 Å². The van der Waals surface area contributed by atoms with Crippen LogP contribution in [0.3, 0.4) is 0 Å². The fourth-order valence-corrected chi connectivity index (χ4v) is 1.09. The van der Waals surface area contributed by atoms with Gasteiger partial charge in [0.2, 0.25) is 5.91 Å². The van der Waals surface area contributed by atoms with Crippen LogP contribution in [-0.4, -0.2) is 47.3 Å². The van der Waals surface area contributed by atoms with Crippen molar-refractivity contribution in [3.05, 3.63) is 0 Å². The zero-order valence-electron chi connectivity index (χ0n) is 9.69. The summed E-state index contributed by atoms with van der Waals surface area (Å²) in [7, 11) is 0. The number of rotatable bonds is 8. The Labute approximate surface area is 95.0 Å². The van der Waals surface area contributed by atoms with Crippen LogP contribution < -0.4 is 10.6 Å². The van der Waals surface area contributed by atoms with Crippen LogP contribution in [0.2, 0.25) is 0 Å². The number of hydrogen-bond donors (Lipinski definition) is 4. The molecule has 0 rings (SSSR count). The van der Waals surface area contributed by atoms with Crippen molar-refractivity contribution in [1.29, 1.82) is 0 Å². The third-order valence-corrected chi connectivity index (χ3v) is 1.95. The molecule has 0 heterocycles. The number of nitrogens with one attached hydrogen (secondary N) is 2. The Morgan fingerprint density at radius 1 is 1.31 bits per heavy atom. The van der Waals surface area contributed by atoms with Crippen molar-refractivity contribution >= 4 is 11.9 Å². The molecule has 0 aromatic carbocycles. The predicted molar refractivity (Wildman–Crippen MR) is 59.0 cm³/mol. The number of carboxylic acid groups (broad SMARTS) is 1. The van der Waals surface area contributed by atoms with Gasteiger partial charge in [0.15, 0.2) is 0 Å². The second kappa shape index (κ2) is 8.06. The molecule has 6 heteroatoms. The monoisotopic (exact) mass is 232 g/mol. The number of aliphatic hydroxyl groups is 1. The molecule has 0 aromatic rings. The van der Waals surface area contributed by atoms with E-state index in [2.05, 4.69) is 10.6 Å². The van der Waals surface area contributed by atoms with Gasteiger partial charge in [-0.25, -0.2) is 4.79 Å². The van der Waals surface area contributed by atoms with Crippen LogP contribution >= 0.6 is 0 Å². The molecule has 0 aliphatic rings. The van der Waals surface area contributed by atoms with Crippen molar-refractivity contribution in [1.82, 2.24) is 10.6 Å². The van der Waals surface area contributed by atoms with E-state index in [4.69, 9.17) is 10.2 Å². The van der Waals surface area contributed by atoms with Crippen molar-refractivity contribution in [2.24, 2.45) is 0 Å². The molecule has 0 aliphatic heterocycles. The van der Waals surface area contributed by atoms with Gasteiger partial charge in [-0.3, -0.25) is 4.79 Å². The van der Waals surface area contributed by atoms with Crippen LogP contribution in [-0.2, 0) is 9.59 Å². The largest absolute Gasteiger partial charge is 0.480 e. The molecule has 0 bridgehead atoms. The van der Waals surface area contributed by atoms with Crippen LogP contribution in [0.1, 0.15) is 26.7 Å². The van der Waals surface area contributed by atoms with E-state index in [1.54, 1.807) is 0 Å². The fourth-order valence-electron chi connectivity index (χ4n) is 1.09. The van der Waals surface area contributed by atoms with E-state index < -0.39 is 18.6 Å². The topological polar surface area (TPSA) is 98.7 Å². The van der Waals surface area contributed by atoms with Gasteiger partial charge < -0.3 is 20.8 Å². The highest BCUT2D eigenvalue weighted by molar-refractivity contribution is 5.83. The molecular formula is C10H20N2O4. The van der Waals surface area contributed by atoms with Crippen molar-refractivity contribution in [2.45, 2.75) is 38.8 Å². The third kappa shape index (κ3) is 7.19. The number of carboxylic acids is 1. The first kappa shape index (κ1) is 14.9. The van der Waals surface area contributed by atoms with Crippen LogP contribution in [0.4, 0.5) is 0 Å². The lowest BCUT2D eigenvalue weighted by molar-refractivity contribution is -0.142. The van der Waals surface area contributed by atoms with Gasteiger partial charge in [0.05, 0.1) is 6.61 Å². The molecule has 0 saturated heterocycles. The number of carbonyl (C=O) groups excluding carboxylic acids is 1. The van der Waals surface area contributed by atoms with Gasteiger partial charge in [0.25, 0.3) is 0 Å². The number of aliphatic hydroxyl groups excluding tert-OH is 1. The van der Waals surface area contributed by atoms with Gasteiger partial charge in [0.1, 0.15) is 6.04 Å². The van der Waals surface area contributed by atoms with Gasteiger partial charge in [-0.1, -0.05) is 13.8 Å². The summed E-state index contributed by atoms with van der Waals surface area (Å²) in [5.41, 5.74) is 0. The highest BCUT2D eigenvalue weighted by Gasteiger charge is 2.17. The van der Waals surface area contributed by atoms with E-state index in [1.165, 1.54) is 0 Å². The highest BCUT2D eigenvalue weighted by atomic mass is 16.4.